The maximum Gasteiger partial charge on any atom is 0.272 e. The normalized spacial score (nSPS) is 11.1. The predicted molar refractivity (Wildman–Crippen MR) is 131 cm³/mol. The molecule has 0 aliphatic heterocycles. The van der Waals surface area contributed by atoms with E-state index in [0.717, 1.165) is 15.4 Å². The Morgan fingerprint density at radius 2 is 1.58 bits per heavy atom. The van der Waals surface area contributed by atoms with Gasteiger partial charge in [-0.3, -0.25) is 9.59 Å². The number of rotatable bonds is 7. The lowest BCUT2D eigenvalue weighted by Crippen LogP contribution is -2.30. The molecule has 6 heteroatoms. The van der Waals surface area contributed by atoms with Gasteiger partial charge in [-0.25, -0.2) is 0 Å². The number of para-hydroxylation sites is 1. The number of amides is 2. The molecule has 4 rings (SSSR count). The van der Waals surface area contributed by atoms with Crippen LogP contribution in [0.5, 0.6) is 0 Å². The standard InChI is InChI=1S/C27H22N2O3S/c1-19-13-15-20(16-14-19)26(30)29-24(18-21-8-7-17-32-21)27(31)28-23-11-5-6-12-25(23)33-22-9-3-2-4-10-22/h2-18H,1H3,(H,28,31)(H,29,30)/b24-18-. The highest BCUT2D eigenvalue weighted by atomic mass is 32.2. The minimum atomic E-state index is -0.451. The molecule has 1 aromatic heterocycles. The van der Waals surface area contributed by atoms with Gasteiger partial charge in [-0.1, -0.05) is 59.8 Å². The fourth-order valence-electron chi connectivity index (χ4n) is 3.04. The second-order valence-corrected chi connectivity index (χ2v) is 8.37. The molecule has 0 saturated carbocycles. The van der Waals surface area contributed by atoms with Crippen LogP contribution in [-0.4, -0.2) is 11.8 Å². The summed E-state index contributed by atoms with van der Waals surface area (Å²) in [6.45, 7) is 1.95. The van der Waals surface area contributed by atoms with Gasteiger partial charge in [0.1, 0.15) is 11.5 Å². The molecule has 3 aromatic carbocycles. The number of aryl methyl sites for hydroxylation is 1. The number of nitrogens with one attached hydrogen (secondary N) is 2. The molecule has 5 nitrogen and oxygen atoms in total. The van der Waals surface area contributed by atoms with Crippen LogP contribution in [0, 0.1) is 6.92 Å². The SMILES string of the molecule is Cc1ccc(C(=O)N/C(=C\c2ccco2)C(=O)Nc2ccccc2Sc2ccccc2)cc1. The summed E-state index contributed by atoms with van der Waals surface area (Å²) in [5, 5.41) is 5.65. The van der Waals surface area contributed by atoms with Crippen LogP contribution in [-0.2, 0) is 4.79 Å². The van der Waals surface area contributed by atoms with E-state index >= 15 is 0 Å². The largest absolute Gasteiger partial charge is 0.465 e. The Balaban J connectivity index is 1.57. The fraction of sp³-hybridized carbons (Fsp3) is 0.0370. The van der Waals surface area contributed by atoms with Crippen molar-refractivity contribution < 1.29 is 14.0 Å². The first-order valence-corrected chi connectivity index (χ1v) is 11.2. The maximum absolute atomic E-state index is 13.2. The Kier molecular flexibility index (Phi) is 7.07. The first-order valence-electron chi connectivity index (χ1n) is 10.3. The smallest absolute Gasteiger partial charge is 0.272 e. The molecule has 2 N–H and O–H groups in total. The number of hydrogen-bond acceptors (Lipinski definition) is 4. The molecule has 0 atom stereocenters. The van der Waals surface area contributed by atoms with Crippen molar-refractivity contribution in [2.45, 2.75) is 16.7 Å². The molecular weight excluding hydrogens is 432 g/mol. The minimum Gasteiger partial charge on any atom is -0.465 e. The summed E-state index contributed by atoms with van der Waals surface area (Å²) < 4.78 is 5.36. The van der Waals surface area contributed by atoms with Crippen LogP contribution in [0.3, 0.4) is 0 Å². The van der Waals surface area contributed by atoms with E-state index in [1.165, 1.54) is 12.3 Å². The van der Waals surface area contributed by atoms with Crippen LogP contribution in [0.15, 0.2) is 117 Å². The monoisotopic (exact) mass is 454 g/mol. The average Bonchev–Trinajstić information content (AvgIpc) is 3.34. The molecule has 0 aliphatic rings. The van der Waals surface area contributed by atoms with Crippen molar-refractivity contribution in [3.05, 3.63) is 120 Å². The molecule has 0 unspecified atom stereocenters. The van der Waals surface area contributed by atoms with Crippen LogP contribution >= 0.6 is 11.8 Å². The lowest BCUT2D eigenvalue weighted by molar-refractivity contribution is -0.113. The van der Waals surface area contributed by atoms with Crippen LogP contribution in [0.2, 0.25) is 0 Å². The van der Waals surface area contributed by atoms with Gasteiger partial charge in [-0.15, -0.1) is 0 Å². The summed E-state index contributed by atoms with van der Waals surface area (Å²) in [6.07, 6.45) is 3.02. The molecule has 0 spiro atoms. The van der Waals surface area contributed by atoms with E-state index in [0.29, 0.717) is 17.0 Å². The number of carbonyl (C=O) groups excluding carboxylic acids is 2. The molecular formula is C27H22N2O3S. The third-order valence-electron chi connectivity index (χ3n) is 4.74. The topological polar surface area (TPSA) is 71.3 Å². The van der Waals surface area contributed by atoms with Crippen molar-refractivity contribution >= 4 is 35.3 Å². The quantitative estimate of drug-likeness (QED) is 0.329. The van der Waals surface area contributed by atoms with Gasteiger partial charge in [0.2, 0.25) is 0 Å². The number of furan rings is 1. The first kappa shape index (κ1) is 22.2. The molecule has 33 heavy (non-hydrogen) atoms. The number of hydrogen-bond donors (Lipinski definition) is 2. The Labute approximate surface area is 196 Å². The van der Waals surface area contributed by atoms with Gasteiger partial charge in [0.05, 0.1) is 12.0 Å². The van der Waals surface area contributed by atoms with E-state index in [-0.39, 0.29) is 11.6 Å². The molecule has 1 heterocycles. The van der Waals surface area contributed by atoms with Gasteiger partial charge in [-0.2, -0.15) is 0 Å². The Morgan fingerprint density at radius 1 is 0.848 bits per heavy atom. The summed E-state index contributed by atoms with van der Waals surface area (Å²) in [7, 11) is 0. The number of anilines is 1. The van der Waals surface area contributed by atoms with Gasteiger partial charge < -0.3 is 15.1 Å². The van der Waals surface area contributed by atoms with Gasteiger partial charge in [0, 0.05) is 21.4 Å². The average molecular weight is 455 g/mol. The summed E-state index contributed by atoms with van der Waals surface area (Å²) in [5.41, 5.74) is 2.23. The summed E-state index contributed by atoms with van der Waals surface area (Å²) in [6, 6.07) is 28.0. The van der Waals surface area contributed by atoms with E-state index in [1.807, 2.05) is 73.7 Å². The lowest BCUT2D eigenvalue weighted by atomic mass is 10.1. The summed E-state index contributed by atoms with van der Waals surface area (Å²) in [5.74, 6) is -0.376. The third-order valence-corrected chi connectivity index (χ3v) is 5.83. The zero-order valence-corrected chi connectivity index (χ0v) is 18.8. The van der Waals surface area contributed by atoms with E-state index in [4.69, 9.17) is 4.42 Å². The minimum absolute atomic E-state index is 0.0787. The molecule has 0 fully saturated rings. The lowest BCUT2D eigenvalue weighted by Gasteiger charge is -2.13. The number of benzene rings is 3. The molecule has 0 saturated heterocycles. The summed E-state index contributed by atoms with van der Waals surface area (Å²) >= 11 is 1.55. The highest BCUT2D eigenvalue weighted by molar-refractivity contribution is 7.99. The van der Waals surface area contributed by atoms with Crippen molar-refractivity contribution in [3.8, 4) is 0 Å². The van der Waals surface area contributed by atoms with Gasteiger partial charge in [0.25, 0.3) is 11.8 Å². The molecule has 0 radical (unpaired) electrons. The van der Waals surface area contributed by atoms with Gasteiger partial charge >= 0.3 is 0 Å². The summed E-state index contributed by atoms with van der Waals surface area (Å²) in [4.78, 5) is 28.0. The maximum atomic E-state index is 13.2. The van der Waals surface area contributed by atoms with Crippen LogP contribution in [0.25, 0.3) is 6.08 Å². The van der Waals surface area contributed by atoms with E-state index in [9.17, 15) is 9.59 Å². The van der Waals surface area contributed by atoms with E-state index < -0.39 is 5.91 Å². The van der Waals surface area contributed by atoms with E-state index in [1.54, 1.807) is 36.0 Å². The zero-order valence-electron chi connectivity index (χ0n) is 17.9. The molecule has 0 bridgehead atoms. The first-order chi connectivity index (χ1) is 16.1. The van der Waals surface area contributed by atoms with Gasteiger partial charge in [0.15, 0.2) is 0 Å². The molecule has 4 aromatic rings. The number of carbonyl (C=O) groups is 2. The van der Waals surface area contributed by atoms with Gasteiger partial charge in [-0.05, 0) is 55.5 Å². The molecule has 2 amide bonds. The van der Waals surface area contributed by atoms with E-state index in [2.05, 4.69) is 10.6 Å². The van der Waals surface area contributed by atoms with Crippen LogP contribution < -0.4 is 10.6 Å². The Morgan fingerprint density at radius 3 is 2.30 bits per heavy atom. The molecule has 164 valence electrons. The van der Waals surface area contributed by atoms with Crippen molar-refractivity contribution in [3.63, 3.8) is 0 Å². The Bertz CT molecular complexity index is 1260. The fourth-order valence-corrected chi connectivity index (χ4v) is 3.96. The van der Waals surface area contributed by atoms with Crippen molar-refractivity contribution in [2.24, 2.45) is 0 Å². The zero-order chi connectivity index (χ0) is 23.0. The molecule has 0 aliphatic carbocycles. The van der Waals surface area contributed by atoms with Crippen molar-refractivity contribution in [1.82, 2.24) is 5.32 Å². The predicted octanol–water partition coefficient (Wildman–Crippen LogP) is 6.15. The highest BCUT2D eigenvalue weighted by Crippen LogP contribution is 2.33. The second-order valence-electron chi connectivity index (χ2n) is 7.26. The second kappa shape index (κ2) is 10.5. The van der Waals surface area contributed by atoms with Crippen molar-refractivity contribution in [1.29, 1.82) is 0 Å². The Hall–Kier alpha value is -4.03. The third kappa shape index (κ3) is 6.02. The van der Waals surface area contributed by atoms with Crippen LogP contribution in [0.1, 0.15) is 21.7 Å². The van der Waals surface area contributed by atoms with Crippen LogP contribution in [0.4, 0.5) is 5.69 Å². The highest BCUT2D eigenvalue weighted by Gasteiger charge is 2.17. The van der Waals surface area contributed by atoms with Crippen molar-refractivity contribution in [2.75, 3.05) is 5.32 Å².